The molecule has 0 bridgehead atoms. The van der Waals surface area contributed by atoms with Crippen LogP contribution in [0.1, 0.15) is 34.0 Å². The van der Waals surface area contributed by atoms with E-state index in [0.29, 0.717) is 12.1 Å². The molecule has 0 aliphatic heterocycles. The fourth-order valence-electron chi connectivity index (χ4n) is 2.51. The molecule has 0 radical (unpaired) electrons. The van der Waals surface area contributed by atoms with Gasteiger partial charge in [0.25, 0.3) is 11.6 Å². The van der Waals surface area contributed by atoms with Crippen LogP contribution in [0.4, 0.5) is 5.69 Å². The van der Waals surface area contributed by atoms with Crippen molar-refractivity contribution in [3.8, 4) is 0 Å². The van der Waals surface area contributed by atoms with Crippen LogP contribution in [0.25, 0.3) is 0 Å². The number of benzene rings is 2. The zero-order valence-electron chi connectivity index (χ0n) is 13.6. The molecule has 120 valence electrons. The summed E-state index contributed by atoms with van der Waals surface area (Å²) < 4.78 is 0. The predicted molar refractivity (Wildman–Crippen MR) is 89.5 cm³/mol. The minimum Gasteiger partial charge on any atom is -0.337 e. The van der Waals surface area contributed by atoms with Crippen molar-refractivity contribution in [1.82, 2.24) is 4.90 Å². The van der Waals surface area contributed by atoms with Gasteiger partial charge < -0.3 is 4.90 Å². The summed E-state index contributed by atoms with van der Waals surface area (Å²) >= 11 is 0. The first kappa shape index (κ1) is 16.7. The molecule has 2 aromatic carbocycles. The van der Waals surface area contributed by atoms with Gasteiger partial charge in [-0.3, -0.25) is 14.9 Å². The van der Waals surface area contributed by atoms with Crippen molar-refractivity contribution in [2.45, 2.75) is 26.8 Å². The van der Waals surface area contributed by atoms with E-state index in [1.165, 1.54) is 16.5 Å². The Hall–Kier alpha value is -2.69. The first-order valence-corrected chi connectivity index (χ1v) is 7.51. The van der Waals surface area contributed by atoms with Crippen molar-refractivity contribution in [3.05, 3.63) is 74.8 Å². The SMILES string of the molecule is CCc1ccc(CN(C)C(=O)c2cccc(C)c2[N+](=O)[O-])cc1. The predicted octanol–water partition coefficient (Wildman–Crippen LogP) is 3.74. The summed E-state index contributed by atoms with van der Waals surface area (Å²) in [6.07, 6.45) is 0.963. The lowest BCUT2D eigenvalue weighted by Crippen LogP contribution is -2.27. The Labute approximate surface area is 135 Å². The zero-order chi connectivity index (χ0) is 17.0. The van der Waals surface area contributed by atoms with Crippen LogP contribution in [0.3, 0.4) is 0 Å². The maximum atomic E-state index is 12.6. The number of hydrogen-bond donors (Lipinski definition) is 0. The second-order valence-electron chi connectivity index (χ2n) is 5.56. The largest absolute Gasteiger partial charge is 0.337 e. The number of carbonyl (C=O) groups is 1. The molecule has 0 atom stereocenters. The third-order valence-corrected chi connectivity index (χ3v) is 3.85. The average molecular weight is 312 g/mol. The molecule has 5 heteroatoms. The first-order chi connectivity index (χ1) is 10.9. The van der Waals surface area contributed by atoms with E-state index in [-0.39, 0.29) is 17.2 Å². The molecule has 0 saturated heterocycles. The summed E-state index contributed by atoms with van der Waals surface area (Å²) in [4.78, 5) is 24.8. The third kappa shape index (κ3) is 3.74. The molecule has 1 amide bonds. The molecule has 0 fully saturated rings. The molecule has 23 heavy (non-hydrogen) atoms. The minimum absolute atomic E-state index is 0.120. The number of carbonyl (C=O) groups excluding carboxylic acids is 1. The summed E-state index contributed by atoms with van der Waals surface area (Å²) in [6, 6.07) is 12.8. The van der Waals surface area contributed by atoms with Crippen LogP contribution in [-0.4, -0.2) is 22.8 Å². The van der Waals surface area contributed by atoms with Crippen LogP contribution in [0.5, 0.6) is 0 Å². The molecule has 2 aromatic rings. The molecular weight excluding hydrogens is 292 g/mol. The van der Waals surface area contributed by atoms with Crippen LogP contribution < -0.4 is 0 Å². The lowest BCUT2D eigenvalue weighted by Gasteiger charge is -2.18. The number of hydrogen-bond acceptors (Lipinski definition) is 3. The van der Waals surface area contributed by atoms with Crippen LogP contribution in [0.15, 0.2) is 42.5 Å². The Morgan fingerprint density at radius 1 is 1.13 bits per heavy atom. The molecule has 0 heterocycles. The Kier molecular flexibility index (Phi) is 5.11. The van der Waals surface area contributed by atoms with Gasteiger partial charge in [-0.15, -0.1) is 0 Å². The van der Waals surface area contributed by atoms with E-state index >= 15 is 0 Å². The van der Waals surface area contributed by atoms with Crippen LogP contribution >= 0.6 is 0 Å². The third-order valence-electron chi connectivity index (χ3n) is 3.85. The fourth-order valence-corrected chi connectivity index (χ4v) is 2.51. The van der Waals surface area contributed by atoms with Gasteiger partial charge in [0.1, 0.15) is 5.56 Å². The molecule has 0 aromatic heterocycles. The van der Waals surface area contributed by atoms with Crippen molar-refractivity contribution in [1.29, 1.82) is 0 Å². The van der Waals surface area contributed by atoms with Crippen molar-refractivity contribution in [3.63, 3.8) is 0 Å². The van der Waals surface area contributed by atoms with E-state index < -0.39 is 4.92 Å². The Balaban J connectivity index is 2.22. The molecule has 0 unspecified atom stereocenters. The molecule has 0 aliphatic rings. The summed E-state index contributed by atoms with van der Waals surface area (Å²) in [5.41, 5.74) is 2.72. The van der Waals surface area contributed by atoms with Crippen molar-refractivity contribution < 1.29 is 9.72 Å². The van der Waals surface area contributed by atoms with Gasteiger partial charge in [0.2, 0.25) is 0 Å². The molecule has 0 spiro atoms. The molecule has 2 rings (SSSR count). The number of amides is 1. The standard InChI is InChI=1S/C18H20N2O3/c1-4-14-8-10-15(11-9-14)12-19(3)18(21)16-7-5-6-13(2)17(16)20(22)23/h5-11H,4,12H2,1-3H3. The quantitative estimate of drug-likeness (QED) is 0.624. The van der Waals surface area contributed by atoms with Gasteiger partial charge in [-0.25, -0.2) is 0 Å². The number of aryl methyl sites for hydroxylation is 2. The van der Waals surface area contributed by atoms with Crippen LogP contribution in [0.2, 0.25) is 0 Å². The van der Waals surface area contributed by atoms with E-state index in [1.807, 2.05) is 24.3 Å². The van der Waals surface area contributed by atoms with Gasteiger partial charge in [0.05, 0.1) is 4.92 Å². The van der Waals surface area contributed by atoms with Crippen molar-refractivity contribution in [2.75, 3.05) is 7.05 Å². The highest BCUT2D eigenvalue weighted by atomic mass is 16.6. The van der Waals surface area contributed by atoms with Gasteiger partial charge >= 0.3 is 0 Å². The smallest absolute Gasteiger partial charge is 0.285 e. The number of nitrogens with zero attached hydrogens (tertiary/aromatic N) is 2. The second-order valence-corrected chi connectivity index (χ2v) is 5.56. The van der Waals surface area contributed by atoms with E-state index in [1.54, 1.807) is 26.1 Å². The minimum atomic E-state index is -0.494. The van der Waals surface area contributed by atoms with Gasteiger partial charge in [0.15, 0.2) is 0 Å². The highest BCUT2D eigenvalue weighted by Crippen LogP contribution is 2.24. The highest BCUT2D eigenvalue weighted by Gasteiger charge is 2.24. The summed E-state index contributed by atoms with van der Waals surface area (Å²) in [5, 5.41) is 11.2. The topological polar surface area (TPSA) is 63.5 Å². The number of nitro benzene ring substituents is 1. The van der Waals surface area contributed by atoms with Gasteiger partial charge in [-0.1, -0.05) is 43.3 Å². The van der Waals surface area contributed by atoms with Gasteiger partial charge in [-0.2, -0.15) is 0 Å². The Morgan fingerprint density at radius 2 is 1.74 bits per heavy atom. The summed E-state index contributed by atoms with van der Waals surface area (Å²) in [6.45, 7) is 4.13. The lowest BCUT2D eigenvalue weighted by molar-refractivity contribution is -0.385. The number of rotatable bonds is 5. The van der Waals surface area contributed by atoms with E-state index in [9.17, 15) is 14.9 Å². The Bertz CT molecular complexity index is 724. The second kappa shape index (κ2) is 7.05. The lowest BCUT2D eigenvalue weighted by atomic mass is 10.1. The first-order valence-electron chi connectivity index (χ1n) is 7.51. The van der Waals surface area contributed by atoms with E-state index in [0.717, 1.165) is 12.0 Å². The maximum Gasteiger partial charge on any atom is 0.285 e. The van der Waals surface area contributed by atoms with Gasteiger partial charge in [0, 0.05) is 19.2 Å². The van der Waals surface area contributed by atoms with E-state index in [4.69, 9.17) is 0 Å². The van der Waals surface area contributed by atoms with Crippen molar-refractivity contribution >= 4 is 11.6 Å². The number of nitro groups is 1. The maximum absolute atomic E-state index is 12.6. The zero-order valence-corrected chi connectivity index (χ0v) is 13.6. The average Bonchev–Trinajstić information content (AvgIpc) is 2.54. The van der Waals surface area contributed by atoms with Crippen LogP contribution in [-0.2, 0) is 13.0 Å². The highest BCUT2D eigenvalue weighted by molar-refractivity contribution is 5.98. The molecule has 0 aliphatic carbocycles. The molecule has 0 N–H and O–H groups in total. The normalized spacial score (nSPS) is 10.4. The van der Waals surface area contributed by atoms with Gasteiger partial charge in [-0.05, 0) is 30.5 Å². The van der Waals surface area contributed by atoms with E-state index in [2.05, 4.69) is 6.92 Å². The molecular formula is C18H20N2O3. The fraction of sp³-hybridized carbons (Fsp3) is 0.278. The van der Waals surface area contributed by atoms with Crippen LogP contribution in [0, 0.1) is 17.0 Å². The Morgan fingerprint density at radius 3 is 2.30 bits per heavy atom. The van der Waals surface area contributed by atoms with Crippen molar-refractivity contribution in [2.24, 2.45) is 0 Å². The monoisotopic (exact) mass is 312 g/mol. The molecule has 0 saturated carbocycles. The number of para-hydroxylation sites is 1. The summed E-state index contributed by atoms with van der Waals surface area (Å²) in [7, 11) is 1.65. The summed E-state index contributed by atoms with van der Waals surface area (Å²) in [5.74, 6) is -0.347. The molecule has 5 nitrogen and oxygen atoms in total.